The van der Waals surface area contributed by atoms with E-state index in [9.17, 15) is 0 Å². The van der Waals surface area contributed by atoms with Gasteiger partial charge < -0.3 is 4.74 Å². The Balaban J connectivity index is 1.71. The molecule has 0 bridgehead atoms. The van der Waals surface area contributed by atoms with Gasteiger partial charge in [-0.15, -0.1) is 0 Å². The highest BCUT2D eigenvalue weighted by molar-refractivity contribution is 7.08. The topological polar surface area (TPSA) is 9.23 Å². The van der Waals surface area contributed by atoms with Crippen LogP contribution in [0.2, 0.25) is 0 Å². The minimum absolute atomic E-state index is 0.0645. The predicted molar refractivity (Wildman–Crippen MR) is 134 cm³/mol. The van der Waals surface area contributed by atoms with Gasteiger partial charge in [0.15, 0.2) is 0 Å². The van der Waals surface area contributed by atoms with Crippen LogP contribution in [0.1, 0.15) is 58.4 Å². The summed E-state index contributed by atoms with van der Waals surface area (Å²) >= 11 is 1.74. The molecular formula is C28H36OS. The summed E-state index contributed by atoms with van der Waals surface area (Å²) < 4.78 is 5.41. The number of benzene rings is 1. The molecule has 30 heavy (non-hydrogen) atoms. The van der Waals surface area contributed by atoms with Gasteiger partial charge in [-0.1, -0.05) is 54.7 Å². The van der Waals surface area contributed by atoms with Crippen LogP contribution in [-0.2, 0) is 4.74 Å². The van der Waals surface area contributed by atoms with E-state index in [-0.39, 0.29) is 5.41 Å². The fraction of sp³-hybridized carbons (Fsp3) is 0.429. The number of ether oxygens (including phenoxy) is 1. The number of hydrogen-bond acceptors (Lipinski definition) is 2. The van der Waals surface area contributed by atoms with E-state index >= 15 is 0 Å². The van der Waals surface area contributed by atoms with Crippen molar-refractivity contribution in [2.45, 2.75) is 52.9 Å². The first-order valence-electron chi connectivity index (χ1n) is 10.9. The molecular weight excluding hydrogens is 384 g/mol. The molecule has 0 aliphatic carbocycles. The van der Waals surface area contributed by atoms with Gasteiger partial charge in [0.1, 0.15) is 0 Å². The van der Waals surface area contributed by atoms with Crippen molar-refractivity contribution < 1.29 is 4.74 Å². The number of thiophene rings is 1. The molecule has 0 N–H and O–H groups in total. The Morgan fingerprint density at radius 1 is 1.10 bits per heavy atom. The molecule has 0 fully saturated rings. The SMILES string of the molecule is COCC(C/C=C/C#CC(C)(C)C)CCCC/C=C/c1cccc(-c2ccsc2)c1. The van der Waals surface area contributed by atoms with Crippen molar-refractivity contribution in [1.82, 2.24) is 0 Å². The zero-order valence-corrected chi connectivity index (χ0v) is 19.8. The molecule has 0 amide bonds. The first-order valence-corrected chi connectivity index (χ1v) is 11.9. The lowest BCUT2D eigenvalue weighted by Crippen LogP contribution is -2.07. The van der Waals surface area contributed by atoms with Crippen LogP contribution in [-0.4, -0.2) is 13.7 Å². The Bertz CT molecular complexity index is 841. The van der Waals surface area contributed by atoms with Crippen LogP contribution in [0.3, 0.4) is 0 Å². The third-order valence-electron chi connectivity index (χ3n) is 4.80. The van der Waals surface area contributed by atoms with Crippen LogP contribution < -0.4 is 0 Å². The molecule has 1 unspecified atom stereocenters. The zero-order valence-electron chi connectivity index (χ0n) is 19.0. The molecule has 0 radical (unpaired) electrons. The molecule has 2 rings (SSSR count). The average Bonchev–Trinajstić information content (AvgIpc) is 3.24. The van der Waals surface area contributed by atoms with Crippen molar-refractivity contribution >= 4 is 17.4 Å². The molecule has 2 heteroatoms. The van der Waals surface area contributed by atoms with Crippen LogP contribution in [0.5, 0.6) is 0 Å². The maximum Gasteiger partial charge on any atom is 0.0493 e. The Labute approximate surface area is 187 Å². The maximum absolute atomic E-state index is 5.41. The van der Waals surface area contributed by atoms with E-state index in [4.69, 9.17) is 4.74 Å². The van der Waals surface area contributed by atoms with Crippen molar-refractivity contribution in [1.29, 1.82) is 0 Å². The highest BCUT2D eigenvalue weighted by Crippen LogP contribution is 2.23. The minimum Gasteiger partial charge on any atom is -0.384 e. The van der Waals surface area contributed by atoms with Crippen molar-refractivity contribution in [2.24, 2.45) is 11.3 Å². The number of allylic oxidation sites excluding steroid dienone is 3. The molecule has 1 aromatic carbocycles. The second kappa shape index (κ2) is 13.3. The van der Waals surface area contributed by atoms with Crippen molar-refractivity contribution in [2.75, 3.05) is 13.7 Å². The maximum atomic E-state index is 5.41. The summed E-state index contributed by atoms with van der Waals surface area (Å²) in [7, 11) is 1.79. The second-order valence-corrected chi connectivity index (χ2v) is 9.58. The summed E-state index contributed by atoms with van der Waals surface area (Å²) in [5, 5.41) is 4.33. The number of rotatable bonds is 11. The molecule has 1 heterocycles. The van der Waals surface area contributed by atoms with Crippen LogP contribution >= 0.6 is 11.3 Å². The summed E-state index contributed by atoms with van der Waals surface area (Å²) in [6, 6.07) is 10.9. The van der Waals surface area contributed by atoms with Crippen LogP contribution in [0, 0.1) is 23.2 Å². The molecule has 160 valence electrons. The van der Waals surface area contributed by atoms with Crippen molar-refractivity contribution in [3.63, 3.8) is 0 Å². The lowest BCUT2D eigenvalue weighted by atomic mass is 9.97. The molecule has 1 atom stereocenters. The third-order valence-corrected chi connectivity index (χ3v) is 5.49. The average molecular weight is 421 g/mol. The lowest BCUT2D eigenvalue weighted by molar-refractivity contribution is 0.147. The fourth-order valence-corrected chi connectivity index (χ4v) is 3.91. The van der Waals surface area contributed by atoms with Gasteiger partial charge in [0.25, 0.3) is 0 Å². The second-order valence-electron chi connectivity index (χ2n) is 8.80. The van der Waals surface area contributed by atoms with Crippen molar-refractivity contribution in [3.05, 3.63) is 64.9 Å². The highest BCUT2D eigenvalue weighted by Gasteiger charge is 2.06. The Morgan fingerprint density at radius 2 is 1.97 bits per heavy atom. The molecule has 2 aromatic rings. The molecule has 0 aliphatic heterocycles. The fourth-order valence-electron chi connectivity index (χ4n) is 3.25. The molecule has 0 saturated carbocycles. The van der Waals surface area contributed by atoms with Gasteiger partial charge >= 0.3 is 0 Å². The van der Waals surface area contributed by atoms with Gasteiger partial charge in [-0.3, -0.25) is 0 Å². The first kappa shape index (κ1) is 24.2. The van der Waals surface area contributed by atoms with E-state index in [1.165, 1.54) is 36.0 Å². The normalized spacial score (nSPS) is 12.9. The summed E-state index contributed by atoms with van der Waals surface area (Å²) in [6.07, 6.45) is 14.6. The first-order chi connectivity index (χ1) is 14.5. The number of methoxy groups -OCH3 is 1. The van der Waals surface area contributed by atoms with Crippen LogP contribution in [0.25, 0.3) is 17.2 Å². The van der Waals surface area contributed by atoms with E-state index in [1.807, 2.05) is 6.08 Å². The molecule has 1 nitrogen and oxygen atoms in total. The summed E-state index contributed by atoms with van der Waals surface area (Å²) in [4.78, 5) is 0. The molecule has 0 spiro atoms. The Morgan fingerprint density at radius 3 is 2.70 bits per heavy atom. The minimum atomic E-state index is 0.0645. The van der Waals surface area contributed by atoms with Gasteiger partial charge in [0, 0.05) is 19.1 Å². The van der Waals surface area contributed by atoms with Gasteiger partial charge in [-0.25, -0.2) is 0 Å². The standard InChI is InChI=1S/C28H36OS/c1-28(2,3)19-11-7-10-15-25(22-29-4)14-9-6-5-8-13-24-16-12-17-26(21-24)27-18-20-30-23-27/h7-8,10,12-13,16-18,20-21,23,25H,5-6,9,14-15,22H2,1-4H3/b10-7+,13-8+. The van der Waals surface area contributed by atoms with Crippen LogP contribution in [0.4, 0.5) is 0 Å². The summed E-state index contributed by atoms with van der Waals surface area (Å²) in [6.45, 7) is 7.23. The predicted octanol–water partition coefficient (Wildman–Crippen LogP) is 8.25. The van der Waals surface area contributed by atoms with E-state index < -0.39 is 0 Å². The van der Waals surface area contributed by atoms with Gasteiger partial charge in [-0.05, 0) is 98.0 Å². The largest absolute Gasteiger partial charge is 0.384 e. The van der Waals surface area contributed by atoms with Crippen molar-refractivity contribution in [3.8, 4) is 23.0 Å². The number of hydrogen-bond donors (Lipinski definition) is 0. The van der Waals surface area contributed by atoms with Crippen LogP contribution in [0.15, 0.2) is 59.3 Å². The molecule has 1 aromatic heterocycles. The highest BCUT2D eigenvalue weighted by atomic mass is 32.1. The van der Waals surface area contributed by atoms with E-state index in [1.54, 1.807) is 18.4 Å². The quantitative estimate of drug-likeness (QED) is 0.263. The summed E-state index contributed by atoms with van der Waals surface area (Å²) in [5.41, 5.74) is 3.94. The smallest absolute Gasteiger partial charge is 0.0493 e. The molecule has 0 saturated heterocycles. The monoisotopic (exact) mass is 420 g/mol. The number of unbranched alkanes of at least 4 members (excludes halogenated alkanes) is 2. The zero-order chi connectivity index (χ0) is 21.7. The lowest BCUT2D eigenvalue weighted by Gasteiger charge is -2.13. The third kappa shape index (κ3) is 10.1. The summed E-state index contributed by atoms with van der Waals surface area (Å²) in [5.74, 6) is 6.98. The van der Waals surface area contributed by atoms with E-state index in [0.29, 0.717) is 5.92 Å². The van der Waals surface area contributed by atoms with E-state index in [0.717, 1.165) is 19.4 Å². The Kier molecular flexibility index (Phi) is 10.7. The van der Waals surface area contributed by atoms with Gasteiger partial charge in [0.05, 0.1) is 0 Å². The molecule has 0 aliphatic rings. The Hall–Kier alpha value is -2.08. The van der Waals surface area contributed by atoms with Gasteiger partial charge in [0.2, 0.25) is 0 Å². The van der Waals surface area contributed by atoms with E-state index in [2.05, 4.69) is 91.9 Å². The van der Waals surface area contributed by atoms with Gasteiger partial charge in [-0.2, -0.15) is 11.3 Å².